The highest BCUT2D eigenvalue weighted by Crippen LogP contribution is 2.31. The molecule has 3 heteroatoms. The summed E-state index contributed by atoms with van der Waals surface area (Å²) in [6, 6.07) is 0.675. The lowest BCUT2D eigenvalue weighted by molar-refractivity contribution is 0.00968. The van der Waals surface area contributed by atoms with E-state index in [9.17, 15) is 0 Å². The van der Waals surface area contributed by atoms with Gasteiger partial charge in [0.2, 0.25) is 0 Å². The molecule has 2 unspecified atom stereocenters. The number of ether oxygens (including phenoxy) is 1. The molecule has 2 rings (SSSR count). The van der Waals surface area contributed by atoms with Crippen molar-refractivity contribution in [1.29, 1.82) is 0 Å². The van der Waals surface area contributed by atoms with Crippen LogP contribution in [-0.2, 0) is 4.74 Å². The summed E-state index contributed by atoms with van der Waals surface area (Å²) in [7, 11) is 2.08. The Labute approximate surface area is 86.6 Å². The minimum absolute atomic E-state index is 0.432. The average molecular weight is 198 g/mol. The molecule has 2 N–H and O–H groups in total. The molecule has 0 amide bonds. The maximum absolute atomic E-state index is 5.73. The maximum Gasteiger partial charge on any atom is 0.0715 e. The Hall–Kier alpha value is -0.120. The van der Waals surface area contributed by atoms with Crippen molar-refractivity contribution in [2.45, 2.75) is 37.8 Å². The predicted molar refractivity (Wildman–Crippen MR) is 57.4 cm³/mol. The van der Waals surface area contributed by atoms with Crippen molar-refractivity contribution in [3.63, 3.8) is 0 Å². The molecule has 1 heterocycles. The molecule has 0 aromatic heterocycles. The van der Waals surface area contributed by atoms with E-state index < -0.39 is 0 Å². The molecule has 2 fully saturated rings. The summed E-state index contributed by atoms with van der Waals surface area (Å²) >= 11 is 0. The lowest BCUT2D eigenvalue weighted by Crippen LogP contribution is -2.45. The van der Waals surface area contributed by atoms with E-state index in [0.29, 0.717) is 12.1 Å². The molecule has 3 nitrogen and oxygen atoms in total. The van der Waals surface area contributed by atoms with E-state index in [4.69, 9.17) is 4.74 Å². The van der Waals surface area contributed by atoms with Crippen LogP contribution in [0.3, 0.4) is 0 Å². The van der Waals surface area contributed by atoms with E-state index in [1.807, 2.05) is 0 Å². The van der Waals surface area contributed by atoms with Crippen LogP contribution in [-0.4, -0.2) is 38.9 Å². The van der Waals surface area contributed by atoms with Crippen LogP contribution in [0.5, 0.6) is 0 Å². The normalized spacial score (nSPS) is 31.1. The first kappa shape index (κ1) is 10.4. The fourth-order valence-electron chi connectivity index (χ4n) is 2.44. The third-order valence-corrected chi connectivity index (χ3v) is 3.61. The van der Waals surface area contributed by atoms with Gasteiger partial charge >= 0.3 is 0 Å². The van der Waals surface area contributed by atoms with Crippen LogP contribution >= 0.6 is 0 Å². The Bertz CT molecular complexity index is 165. The first-order valence-electron chi connectivity index (χ1n) is 5.89. The van der Waals surface area contributed by atoms with Crippen LogP contribution < -0.4 is 10.6 Å². The average Bonchev–Trinajstić information content (AvgIpc) is 2.15. The minimum Gasteiger partial charge on any atom is -0.376 e. The van der Waals surface area contributed by atoms with E-state index in [-0.39, 0.29) is 0 Å². The Morgan fingerprint density at radius 3 is 2.86 bits per heavy atom. The monoisotopic (exact) mass is 198 g/mol. The second kappa shape index (κ2) is 5.10. The van der Waals surface area contributed by atoms with E-state index in [1.165, 1.54) is 25.7 Å². The summed E-state index contributed by atoms with van der Waals surface area (Å²) < 4.78 is 5.73. The quantitative estimate of drug-likeness (QED) is 0.699. The van der Waals surface area contributed by atoms with Gasteiger partial charge < -0.3 is 15.4 Å². The molecule has 1 aliphatic carbocycles. The Kier molecular flexibility index (Phi) is 3.79. The number of hydrogen-bond acceptors (Lipinski definition) is 3. The van der Waals surface area contributed by atoms with Gasteiger partial charge in [0.25, 0.3) is 0 Å². The highest BCUT2D eigenvalue weighted by atomic mass is 16.5. The van der Waals surface area contributed by atoms with Gasteiger partial charge in [-0.25, -0.2) is 0 Å². The van der Waals surface area contributed by atoms with Gasteiger partial charge in [-0.2, -0.15) is 0 Å². The summed E-state index contributed by atoms with van der Waals surface area (Å²) in [4.78, 5) is 0. The molecule has 82 valence electrons. The Morgan fingerprint density at radius 1 is 1.50 bits per heavy atom. The van der Waals surface area contributed by atoms with Crippen LogP contribution in [0.25, 0.3) is 0 Å². The van der Waals surface area contributed by atoms with Gasteiger partial charge in [-0.3, -0.25) is 0 Å². The second-order valence-electron chi connectivity index (χ2n) is 4.52. The summed E-state index contributed by atoms with van der Waals surface area (Å²) in [6.45, 7) is 2.93. The molecule has 0 bridgehead atoms. The summed E-state index contributed by atoms with van der Waals surface area (Å²) in [5.74, 6) is 0.908. The smallest absolute Gasteiger partial charge is 0.0715 e. The first-order valence-corrected chi connectivity index (χ1v) is 5.89. The highest BCUT2D eigenvalue weighted by molar-refractivity contribution is 4.85. The van der Waals surface area contributed by atoms with Crippen LogP contribution in [0.15, 0.2) is 0 Å². The lowest BCUT2D eigenvalue weighted by atomic mass is 9.78. The van der Waals surface area contributed by atoms with E-state index in [1.54, 1.807) is 0 Å². The molecule has 2 atom stereocenters. The number of nitrogens with one attached hydrogen (secondary N) is 2. The van der Waals surface area contributed by atoms with Crippen molar-refractivity contribution >= 4 is 0 Å². The van der Waals surface area contributed by atoms with Gasteiger partial charge in [0, 0.05) is 19.1 Å². The van der Waals surface area contributed by atoms with Crippen LogP contribution in [0.2, 0.25) is 0 Å². The van der Waals surface area contributed by atoms with E-state index in [2.05, 4.69) is 17.7 Å². The zero-order chi connectivity index (χ0) is 9.80. The van der Waals surface area contributed by atoms with Crippen molar-refractivity contribution in [2.75, 3.05) is 26.7 Å². The van der Waals surface area contributed by atoms with Crippen molar-refractivity contribution in [3.05, 3.63) is 0 Å². The lowest BCUT2D eigenvalue weighted by Gasteiger charge is -2.36. The molecule has 0 radical (unpaired) electrons. The van der Waals surface area contributed by atoms with Gasteiger partial charge in [0.05, 0.1) is 12.7 Å². The third-order valence-electron chi connectivity index (χ3n) is 3.61. The Morgan fingerprint density at radius 2 is 2.36 bits per heavy atom. The molecule has 0 aromatic carbocycles. The summed E-state index contributed by atoms with van der Waals surface area (Å²) in [5.41, 5.74) is 0. The van der Waals surface area contributed by atoms with Crippen molar-refractivity contribution in [1.82, 2.24) is 10.6 Å². The number of hydrogen-bond donors (Lipinski definition) is 2. The molecule has 14 heavy (non-hydrogen) atoms. The van der Waals surface area contributed by atoms with Crippen molar-refractivity contribution in [2.24, 2.45) is 5.92 Å². The molecular formula is C11H22N2O. The molecule has 1 aliphatic heterocycles. The SMILES string of the molecule is CNC(CC1CNCCO1)C1CCC1. The molecule has 0 spiro atoms. The van der Waals surface area contributed by atoms with Gasteiger partial charge in [0.15, 0.2) is 0 Å². The highest BCUT2D eigenvalue weighted by Gasteiger charge is 2.28. The van der Waals surface area contributed by atoms with Crippen LogP contribution in [0.4, 0.5) is 0 Å². The van der Waals surface area contributed by atoms with Gasteiger partial charge in [-0.05, 0) is 32.2 Å². The van der Waals surface area contributed by atoms with Crippen molar-refractivity contribution < 1.29 is 4.74 Å². The van der Waals surface area contributed by atoms with E-state index in [0.717, 1.165) is 25.6 Å². The maximum atomic E-state index is 5.73. The van der Waals surface area contributed by atoms with E-state index >= 15 is 0 Å². The standard InChI is InChI=1S/C11H22N2O/c1-12-11(9-3-2-4-9)7-10-8-13-5-6-14-10/h9-13H,2-8H2,1H3. The van der Waals surface area contributed by atoms with Gasteiger partial charge in [0.1, 0.15) is 0 Å². The zero-order valence-electron chi connectivity index (χ0n) is 9.09. The van der Waals surface area contributed by atoms with Crippen LogP contribution in [0.1, 0.15) is 25.7 Å². The zero-order valence-corrected chi connectivity index (χ0v) is 9.09. The second-order valence-corrected chi connectivity index (χ2v) is 4.52. The van der Waals surface area contributed by atoms with Crippen molar-refractivity contribution in [3.8, 4) is 0 Å². The fraction of sp³-hybridized carbons (Fsp3) is 1.00. The summed E-state index contributed by atoms with van der Waals surface area (Å²) in [5, 5.41) is 6.83. The molecule has 2 aliphatic rings. The van der Waals surface area contributed by atoms with Crippen LogP contribution in [0, 0.1) is 5.92 Å². The first-order chi connectivity index (χ1) is 6.90. The fourth-order valence-corrected chi connectivity index (χ4v) is 2.44. The van der Waals surface area contributed by atoms with Gasteiger partial charge in [-0.1, -0.05) is 6.42 Å². The molecular weight excluding hydrogens is 176 g/mol. The Balaban J connectivity index is 1.74. The third kappa shape index (κ3) is 2.47. The largest absolute Gasteiger partial charge is 0.376 e. The molecule has 1 saturated heterocycles. The molecule has 1 saturated carbocycles. The molecule has 0 aromatic rings. The minimum atomic E-state index is 0.432. The number of rotatable bonds is 4. The number of morpholine rings is 1. The predicted octanol–water partition coefficient (Wildman–Crippen LogP) is 0.753. The summed E-state index contributed by atoms with van der Waals surface area (Å²) in [6.07, 6.45) is 5.85. The van der Waals surface area contributed by atoms with Gasteiger partial charge in [-0.15, -0.1) is 0 Å². The topological polar surface area (TPSA) is 33.3 Å².